The number of nitrogens with zero attached hydrogens (tertiary/aromatic N) is 3. The van der Waals surface area contributed by atoms with Gasteiger partial charge in [0, 0.05) is 44.7 Å². The second-order valence-corrected chi connectivity index (χ2v) is 10.2. The molecule has 5 rings (SSSR count). The lowest BCUT2D eigenvalue weighted by Gasteiger charge is -2.33. The van der Waals surface area contributed by atoms with E-state index in [1.807, 2.05) is 31.3 Å². The van der Waals surface area contributed by atoms with Gasteiger partial charge in [-0.25, -0.2) is 0 Å². The number of methoxy groups -OCH3 is 1. The van der Waals surface area contributed by atoms with Crippen LogP contribution in [0, 0.1) is 0 Å². The van der Waals surface area contributed by atoms with Crippen molar-refractivity contribution < 1.29 is 32.0 Å². The monoisotopic (exact) mass is 543 g/mol. The molecule has 1 saturated heterocycles. The normalized spacial score (nSPS) is 19.1. The minimum absolute atomic E-state index is 0.108. The van der Waals surface area contributed by atoms with E-state index in [0.717, 1.165) is 42.9 Å². The van der Waals surface area contributed by atoms with Crippen LogP contribution in [-0.4, -0.2) is 61.3 Å². The number of rotatable bonds is 8. The van der Waals surface area contributed by atoms with E-state index in [4.69, 9.17) is 14.0 Å². The van der Waals surface area contributed by atoms with Crippen molar-refractivity contribution in [2.24, 2.45) is 0 Å². The number of carbonyl (C=O) groups is 1. The number of hydrogen-bond donors (Lipinski definition) is 0. The number of benzene rings is 2. The highest BCUT2D eigenvalue weighted by Gasteiger charge is 2.38. The molecule has 7 nitrogen and oxygen atoms in total. The highest BCUT2D eigenvalue weighted by Crippen LogP contribution is 2.43. The number of hydrogen-bond acceptors (Lipinski definition) is 7. The summed E-state index contributed by atoms with van der Waals surface area (Å²) >= 11 is 0. The smallest absolute Gasteiger partial charge is 0.416 e. The molecule has 1 fully saturated rings. The third-order valence-corrected chi connectivity index (χ3v) is 7.73. The fraction of sp³-hybridized carbons (Fsp3) is 0.448. The van der Waals surface area contributed by atoms with Crippen LogP contribution in [0.25, 0.3) is 0 Å². The Bertz CT molecular complexity index is 1270. The molecule has 1 aliphatic carbocycles. The Hall–Kier alpha value is -3.37. The van der Waals surface area contributed by atoms with Crippen molar-refractivity contribution in [2.75, 3.05) is 40.3 Å². The largest absolute Gasteiger partial charge is 0.486 e. The molecule has 0 saturated carbocycles. The van der Waals surface area contributed by atoms with E-state index >= 15 is 0 Å². The lowest BCUT2D eigenvalue weighted by Crippen LogP contribution is -2.44. The fourth-order valence-electron chi connectivity index (χ4n) is 5.52. The van der Waals surface area contributed by atoms with Crippen molar-refractivity contribution in [2.45, 2.75) is 44.0 Å². The molecule has 2 aromatic carbocycles. The predicted octanol–water partition coefficient (Wildman–Crippen LogP) is 5.20. The minimum atomic E-state index is -4.41. The van der Waals surface area contributed by atoms with E-state index in [-0.39, 0.29) is 31.0 Å². The summed E-state index contributed by atoms with van der Waals surface area (Å²) in [5.74, 6) is -0.0963. The van der Waals surface area contributed by atoms with Crippen LogP contribution in [0.5, 0.6) is 5.75 Å². The first kappa shape index (κ1) is 27.2. The van der Waals surface area contributed by atoms with E-state index in [1.54, 1.807) is 12.1 Å². The van der Waals surface area contributed by atoms with Gasteiger partial charge in [-0.05, 0) is 60.3 Å². The molecule has 0 unspecified atom stereocenters. The van der Waals surface area contributed by atoms with Gasteiger partial charge in [-0.1, -0.05) is 23.4 Å². The predicted molar refractivity (Wildman–Crippen MR) is 137 cm³/mol. The maximum atomic E-state index is 14.0. The Labute approximate surface area is 225 Å². The zero-order chi connectivity index (χ0) is 27.6. The standard InChI is InChI=1S/C29H32F3N3O4/c1-34-12-14-35(15-13-34)18-24-21-8-10-27(22(21)7-9-25(24)29(30,31)32)39-20-5-3-19(4-6-20)23(17-28(36)37-2)26-11-16-38-33-26/h3-7,9,11,16,23,27H,8,10,12-15,17-18H2,1-2H3/t23-,27+/m0/s1. The Morgan fingerprint density at radius 1 is 1.10 bits per heavy atom. The number of alkyl halides is 3. The van der Waals surface area contributed by atoms with E-state index < -0.39 is 11.7 Å². The lowest BCUT2D eigenvalue weighted by molar-refractivity contribution is -0.141. The molecule has 1 aliphatic heterocycles. The molecule has 208 valence electrons. The minimum Gasteiger partial charge on any atom is -0.486 e. The van der Waals surface area contributed by atoms with Crippen molar-refractivity contribution in [3.63, 3.8) is 0 Å². The number of piperazine rings is 1. The molecule has 0 bridgehead atoms. The summed E-state index contributed by atoms with van der Waals surface area (Å²) in [5, 5.41) is 3.99. The Morgan fingerprint density at radius 2 is 1.85 bits per heavy atom. The van der Waals surface area contributed by atoms with E-state index in [1.165, 1.54) is 19.4 Å². The van der Waals surface area contributed by atoms with Gasteiger partial charge in [0.25, 0.3) is 0 Å². The third-order valence-electron chi connectivity index (χ3n) is 7.73. The summed E-state index contributed by atoms with van der Waals surface area (Å²) in [4.78, 5) is 16.3. The molecule has 0 amide bonds. The van der Waals surface area contributed by atoms with Crippen molar-refractivity contribution in [1.82, 2.24) is 15.0 Å². The molecule has 39 heavy (non-hydrogen) atoms. The van der Waals surface area contributed by atoms with Gasteiger partial charge in [0.05, 0.1) is 24.8 Å². The van der Waals surface area contributed by atoms with Crippen LogP contribution in [0.2, 0.25) is 0 Å². The van der Waals surface area contributed by atoms with Crippen LogP contribution in [0.15, 0.2) is 53.3 Å². The topological polar surface area (TPSA) is 68.0 Å². The summed E-state index contributed by atoms with van der Waals surface area (Å²) in [6, 6.07) is 11.8. The Morgan fingerprint density at radius 3 is 2.49 bits per heavy atom. The molecule has 2 heterocycles. The van der Waals surface area contributed by atoms with Gasteiger partial charge in [-0.15, -0.1) is 0 Å². The van der Waals surface area contributed by atoms with Gasteiger partial charge in [0.1, 0.15) is 18.1 Å². The van der Waals surface area contributed by atoms with Crippen molar-refractivity contribution >= 4 is 5.97 Å². The third kappa shape index (κ3) is 6.12. The number of aromatic nitrogens is 1. The Kier molecular flexibility index (Phi) is 7.95. The van der Waals surface area contributed by atoms with Crippen LogP contribution in [0.4, 0.5) is 13.2 Å². The van der Waals surface area contributed by atoms with Gasteiger partial charge in [-0.3, -0.25) is 9.69 Å². The fourth-order valence-corrected chi connectivity index (χ4v) is 5.52. The number of carbonyl (C=O) groups excluding carboxylic acids is 1. The van der Waals surface area contributed by atoms with Crippen LogP contribution in [-0.2, 0) is 28.7 Å². The Balaban J connectivity index is 1.36. The van der Waals surface area contributed by atoms with E-state index in [9.17, 15) is 18.0 Å². The number of esters is 1. The van der Waals surface area contributed by atoms with E-state index in [0.29, 0.717) is 29.8 Å². The molecular weight excluding hydrogens is 511 g/mol. The molecule has 0 spiro atoms. The quantitative estimate of drug-likeness (QED) is 0.362. The summed E-state index contributed by atoms with van der Waals surface area (Å²) in [6.45, 7) is 3.46. The molecule has 1 aromatic heterocycles. The van der Waals surface area contributed by atoms with E-state index in [2.05, 4.69) is 15.0 Å². The van der Waals surface area contributed by atoms with Gasteiger partial charge in [-0.2, -0.15) is 13.2 Å². The zero-order valence-electron chi connectivity index (χ0n) is 22.0. The van der Waals surface area contributed by atoms with Gasteiger partial charge in [0.15, 0.2) is 0 Å². The first-order chi connectivity index (χ1) is 18.7. The number of halogens is 3. The van der Waals surface area contributed by atoms with Crippen molar-refractivity contribution in [3.8, 4) is 5.75 Å². The summed E-state index contributed by atoms with van der Waals surface area (Å²) in [6.07, 6.45) is -2.03. The first-order valence-electron chi connectivity index (χ1n) is 13.1. The summed E-state index contributed by atoms with van der Waals surface area (Å²) < 4.78 is 58.1. The van der Waals surface area contributed by atoms with Crippen LogP contribution in [0.1, 0.15) is 58.4 Å². The van der Waals surface area contributed by atoms with Gasteiger partial charge >= 0.3 is 12.1 Å². The first-order valence-corrected chi connectivity index (χ1v) is 13.1. The maximum absolute atomic E-state index is 14.0. The van der Waals surface area contributed by atoms with Crippen LogP contribution in [0.3, 0.4) is 0 Å². The second-order valence-electron chi connectivity index (χ2n) is 10.2. The number of fused-ring (bicyclic) bond motifs is 1. The highest BCUT2D eigenvalue weighted by molar-refractivity contribution is 5.71. The SMILES string of the molecule is COC(=O)C[C@@H](c1ccc(O[C@@H]2CCc3c2ccc(C(F)(F)F)c3CN2CCN(C)CC2)cc1)c1ccon1. The second kappa shape index (κ2) is 11.4. The van der Waals surface area contributed by atoms with Crippen molar-refractivity contribution in [1.29, 1.82) is 0 Å². The molecule has 0 N–H and O–H groups in total. The highest BCUT2D eigenvalue weighted by atomic mass is 19.4. The molecule has 3 aromatic rings. The molecule has 0 radical (unpaired) electrons. The molecular formula is C29H32F3N3O4. The molecule has 2 aliphatic rings. The molecule has 10 heteroatoms. The average Bonchev–Trinajstić information content (AvgIpc) is 3.59. The van der Waals surface area contributed by atoms with Crippen LogP contribution < -0.4 is 4.74 Å². The van der Waals surface area contributed by atoms with Gasteiger partial charge in [0.2, 0.25) is 0 Å². The average molecular weight is 544 g/mol. The zero-order valence-corrected chi connectivity index (χ0v) is 22.0. The van der Waals surface area contributed by atoms with Gasteiger partial charge < -0.3 is 18.9 Å². The van der Waals surface area contributed by atoms with Crippen molar-refractivity contribution in [3.05, 3.63) is 82.2 Å². The number of ether oxygens (including phenoxy) is 2. The summed E-state index contributed by atoms with van der Waals surface area (Å²) in [5.41, 5.74) is 2.88. The molecule has 2 atom stereocenters. The number of likely N-dealkylation sites (N-methyl/N-ethyl adjacent to an activating group) is 1. The maximum Gasteiger partial charge on any atom is 0.416 e. The lowest BCUT2D eigenvalue weighted by atomic mass is 9.92. The summed E-state index contributed by atoms with van der Waals surface area (Å²) in [7, 11) is 3.37. The van der Waals surface area contributed by atoms with Crippen LogP contribution >= 0.6 is 0 Å².